The number of hydrogen-bond acceptors (Lipinski definition) is 4. The maximum Gasteiger partial charge on any atom is 0.227 e. The second kappa shape index (κ2) is 9.30. The number of carbonyl (C=O) groups is 1. The number of pyridine rings is 1. The molecule has 5 rings (SSSR count). The first-order valence-electron chi connectivity index (χ1n) is 11.4. The first-order valence-corrected chi connectivity index (χ1v) is 11.4. The van der Waals surface area contributed by atoms with E-state index in [4.69, 9.17) is 0 Å². The fourth-order valence-corrected chi connectivity index (χ4v) is 4.71. The predicted octanol–water partition coefficient (Wildman–Crippen LogP) is 4.58. The Hall–Kier alpha value is -3.54. The SMILES string of the molecule is O=C(Cc1cccc2ccccc12)N(CCc1n[nH]c(-c2ccncc2)n1)C1CCCC1. The number of nitrogens with one attached hydrogen (secondary N) is 1. The van der Waals surface area contributed by atoms with E-state index >= 15 is 0 Å². The van der Waals surface area contributed by atoms with E-state index < -0.39 is 0 Å². The topological polar surface area (TPSA) is 74.8 Å². The van der Waals surface area contributed by atoms with Gasteiger partial charge in [0.05, 0.1) is 6.42 Å². The lowest BCUT2D eigenvalue weighted by molar-refractivity contribution is -0.132. The minimum absolute atomic E-state index is 0.193. The fraction of sp³-hybridized carbons (Fsp3) is 0.308. The molecule has 0 atom stereocenters. The predicted molar refractivity (Wildman–Crippen MR) is 125 cm³/mol. The largest absolute Gasteiger partial charge is 0.339 e. The van der Waals surface area contributed by atoms with Crippen LogP contribution in [-0.2, 0) is 17.6 Å². The van der Waals surface area contributed by atoms with Crippen LogP contribution in [0.25, 0.3) is 22.2 Å². The number of rotatable bonds is 7. The molecule has 32 heavy (non-hydrogen) atoms. The summed E-state index contributed by atoms with van der Waals surface area (Å²) in [5.41, 5.74) is 2.05. The van der Waals surface area contributed by atoms with E-state index in [9.17, 15) is 4.79 Å². The van der Waals surface area contributed by atoms with Crippen molar-refractivity contribution in [3.8, 4) is 11.4 Å². The van der Waals surface area contributed by atoms with Gasteiger partial charge in [0.15, 0.2) is 11.6 Å². The van der Waals surface area contributed by atoms with Gasteiger partial charge in [-0.05, 0) is 41.3 Å². The van der Waals surface area contributed by atoms with Crippen molar-refractivity contribution in [3.05, 3.63) is 78.4 Å². The van der Waals surface area contributed by atoms with Crippen LogP contribution in [-0.4, -0.2) is 43.6 Å². The van der Waals surface area contributed by atoms with E-state index in [-0.39, 0.29) is 5.91 Å². The summed E-state index contributed by atoms with van der Waals surface area (Å²) in [5, 5.41) is 9.73. The van der Waals surface area contributed by atoms with Gasteiger partial charge >= 0.3 is 0 Å². The Morgan fingerprint density at radius 3 is 2.62 bits per heavy atom. The number of carbonyl (C=O) groups excluding carboxylic acids is 1. The molecular formula is C26H27N5O. The molecule has 0 spiro atoms. The van der Waals surface area contributed by atoms with Crippen molar-refractivity contribution in [1.82, 2.24) is 25.1 Å². The standard InChI is InChI=1S/C26H27N5O/c32-25(18-21-8-5-7-19-6-1-4-11-23(19)21)31(22-9-2-3-10-22)17-14-24-28-26(30-29-24)20-12-15-27-16-13-20/h1,4-8,11-13,15-16,22H,2-3,9-10,14,17-18H2,(H,28,29,30). The molecular weight excluding hydrogens is 398 g/mol. The second-order valence-corrected chi connectivity index (χ2v) is 8.43. The van der Waals surface area contributed by atoms with Gasteiger partial charge in [-0.2, -0.15) is 5.10 Å². The first kappa shape index (κ1) is 20.4. The molecule has 6 heteroatoms. The van der Waals surface area contributed by atoms with Crippen molar-refractivity contribution in [3.63, 3.8) is 0 Å². The highest BCUT2D eigenvalue weighted by Crippen LogP contribution is 2.26. The van der Waals surface area contributed by atoms with Gasteiger partial charge in [0.2, 0.25) is 5.91 Å². The molecule has 4 aromatic rings. The Labute approximate surface area is 187 Å². The summed E-state index contributed by atoms with van der Waals surface area (Å²) < 4.78 is 0. The molecule has 162 valence electrons. The number of benzene rings is 2. The number of aromatic nitrogens is 4. The van der Waals surface area contributed by atoms with Crippen molar-refractivity contribution in [2.45, 2.75) is 44.6 Å². The van der Waals surface area contributed by atoms with E-state index in [0.29, 0.717) is 25.4 Å². The van der Waals surface area contributed by atoms with Gasteiger partial charge in [0.1, 0.15) is 0 Å². The van der Waals surface area contributed by atoms with Gasteiger partial charge in [-0.25, -0.2) is 4.98 Å². The lowest BCUT2D eigenvalue weighted by Gasteiger charge is -2.29. The highest BCUT2D eigenvalue weighted by Gasteiger charge is 2.27. The van der Waals surface area contributed by atoms with Crippen molar-refractivity contribution < 1.29 is 4.79 Å². The average molecular weight is 426 g/mol. The van der Waals surface area contributed by atoms with E-state index in [1.165, 1.54) is 18.2 Å². The van der Waals surface area contributed by atoms with Crippen LogP contribution >= 0.6 is 0 Å². The van der Waals surface area contributed by atoms with Gasteiger partial charge in [-0.15, -0.1) is 0 Å². The zero-order valence-electron chi connectivity index (χ0n) is 18.1. The number of amides is 1. The highest BCUT2D eigenvalue weighted by atomic mass is 16.2. The molecule has 2 aromatic heterocycles. The maximum absolute atomic E-state index is 13.5. The normalized spacial score (nSPS) is 14.1. The van der Waals surface area contributed by atoms with Gasteiger partial charge in [0.25, 0.3) is 0 Å². The molecule has 0 aliphatic heterocycles. The Morgan fingerprint density at radius 1 is 1.00 bits per heavy atom. The van der Waals surface area contributed by atoms with Crippen LogP contribution in [0.15, 0.2) is 67.0 Å². The molecule has 0 unspecified atom stereocenters. The molecule has 1 fully saturated rings. The van der Waals surface area contributed by atoms with E-state index in [0.717, 1.165) is 41.0 Å². The van der Waals surface area contributed by atoms with Crippen molar-refractivity contribution in [1.29, 1.82) is 0 Å². The number of hydrogen-bond donors (Lipinski definition) is 1. The third kappa shape index (κ3) is 4.40. The summed E-state index contributed by atoms with van der Waals surface area (Å²) in [7, 11) is 0. The van der Waals surface area contributed by atoms with Gasteiger partial charge in [0, 0.05) is 37.0 Å². The molecule has 1 amide bonds. The third-order valence-corrected chi connectivity index (χ3v) is 6.37. The Kier molecular flexibility index (Phi) is 5.92. The summed E-state index contributed by atoms with van der Waals surface area (Å²) in [6.45, 7) is 0.641. The molecule has 1 aliphatic carbocycles. The Balaban J connectivity index is 1.32. The zero-order valence-corrected chi connectivity index (χ0v) is 18.1. The maximum atomic E-state index is 13.5. The van der Waals surface area contributed by atoms with Crippen molar-refractivity contribution >= 4 is 16.7 Å². The molecule has 1 N–H and O–H groups in total. The van der Waals surface area contributed by atoms with Crippen LogP contribution in [0.5, 0.6) is 0 Å². The summed E-state index contributed by atoms with van der Waals surface area (Å²) in [5.74, 6) is 1.66. The minimum atomic E-state index is 0.193. The van der Waals surface area contributed by atoms with Gasteiger partial charge in [-0.1, -0.05) is 55.3 Å². The molecule has 0 radical (unpaired) electrons. The molecule has 0 bridgehead atoms. The monoisotopic (exact) mass is 425 g/mol. The lowest BCUT2D eigenvalue weighted by atomic mass is 10.0. The van der Waals surface area contributed by atoms with Crippen LogP contribution in [0.1, 0.15) is 37.1 Å². The van der Waals surface area contributed by atoms with Crippen molar-refractivity contribution in [2.75, 3.05) is 6.54 Å². The first-order chi connectivity index (χ1) is 15.8. The van der Waals surface area contributed by atoms with Gasteiger partial charge < -0.3 is 4.90 Å². The van der Waals surface area contributed by atoms with Crippen LogP contribution < -0.4 is 0 Å². The third-order valence-electron chi connectivity index (χ3n) is 6.37. The summed E-state index contributed by atoms with van der Waals surface area (Å²) in [6, 6.07) is 18.6. The van der Waals surface area contributed by atoms with Crippen LogP contribution in [0.2, 0.25) is 0 Å². The van der Waals surface area contributed by atoms with E-state index in [2.05, 4.69) is 49.3 Å². The number of nitrogens with zero attached hydrogens (tertiary/aromatic N) is 4. The molecule has 1 saturated carbocycles. The molecule has 6 nitrogen and oxygen atoms in total. The lowest BCUT2D eigenvalue weighted by Crippen LogP contribution is -2.41. The number of aromatic amines is 1. The summed E-state index contributed by atoms with van der Waals surface area (Å²) in [4.78, 5) is 24.2. The quantitative estimate of drug-likeness (QED) is 0.470. The molecule has 1 aliphatic rings. The van der Waals surface area contributed by atoms with E-state index in [1.54, 1.807) is 12.4 Å². The number of fused-ring (bicyclic) bond motifs is 1. The van der Waals surface area contributed by atoms with Crippen LogP contribution in [0, 0.1) is 0 Å². The zero-order chi connectivity index (χ0) is 21.8. The van der Waals surface area contributed by atoms with E-state index in [1.807, 2.05) is 30.3 Å². The highest BCUT2D eigenvalue weighted by molar-refractivity contribution is 5.90. The molecule has 0 saturated heterocycles. The summed E-state index contributed by atoms with van der Waals surface area (Å²) >= 11 is 0. The average Bonchev–Trinajstić information content (AvgIpc) is 3.53. The number of H-pyrrole nitrogens is 1. The minimum Gasteiger partial charge on any atom is -0.339 e. The Bertz CT molecular complexity index is 1190. The fourth-order valence-electron chi connectivity index (χ4n) is 4.71. The smallest absolute Gasteiger partial charge is 0.227 e. The second-order valence-electron chi connectivity index (χ2n) is 8.43. The van der Waals surface area contributed by atoms with Crippen molar-refractivity contribution in [2.24, 2.45) is 0 Å². The van der Waals surface area contributed by atoms with Crippen LogP contribution in [0.3, 0.4) is 0 Å². The summed E-state index contributed by atoms with van der Waals surface area (Å²) in [6.07, 6.45) is 9.09. The van der Waals surface area contributed by atoms with Gasteiger partial charge in [-0.3, -0.25) is 14.9 Å². The molecule has 2 heterocycles. The Morgan fingerprint density at radius 2 is 1.78 bits per heavy atom. The molecule has 2 aromatic carbocycles. The van der Waals surface area contributed by atoms with Crippen LogP contribution in [0.4, 0.5) is 0 Å².